The van der Waals surface area contributed by atoms with Crippen LogP contribution in [0.1, 0.15) is 44.7 Å². The van der Waals surface area contributed by atoms with Crippen LogP contribution in [0, 0.1) is 0 Å². The lowest BCUT2D eigenvalue weighted by Gasteiger charge is -2.32. The zero-order valence-corrected chi connectivity index (χ0v) is 17.6. The molecule has 2 heterocycles. The van der Waals surface area contributed by atoms with E-state index in [1.54, 1.807) is 44.3 Å². The normalized spacial score (nSPS) is 15.4. The van der Waals surface area contributed by atoms with Crippen LogP contribution in [-0.4, -0.2) is 30.5 Å². The Morgan fingerprint density at radius 1 is 1.19 bits per heavy atom. The summed E-state index contributed by atoms with van der Waals surface area (Å²) in [6, 6.07) is 8.06. The molecular weight excluding hydrogens is 410 g/mol. The van der Waals surface area contributed by atoms with Crippen molar-refractivity contribution in [1.29, 1.82) is 0 Å². The number of carbonyl (C=O) groups excluding carboxylic acids is 1. The number of nitrogens with one attached hydrogen (secondary N) is 1. The Kier molecular flexibility index (Phi) is 6.94. The third-order valence-electron chi connectivity index (χ3n) is 4.45. The molecule has 1 atom stereocenters. The number of benzene rings is 1. The maximum atomic E-state index is 13.1. The number of hydrogen-bond donors (Lipinski definition) is 1. The second-order valence-electron chi connectivity index (χ2n) is 6.99. The molecule has 0 spiro atoms. The van der Waals surface area contributed by atoms with E-state index in [0.29, 0.717) is 22.5 Å². The summed E-state index contributed by atoms with van der Waals surface area (Å²) < 4.78 is 47.3. The Balaban J connectivity index is 2.22. The van der Waals surface area contributed by atoms with E-state index in [0.717, 1.165) is 0 Å². The number of pyridine rings is 1. The molecule has 0 aliphatic carbocycles. The molecule has 3 rings (SSSR count). The predicted octanol–water partition coefficient (Wildman–Crippen LogP) is 5.43. The second kappa shape index (κ2) is 9.63. The first kappa shape index (κ1) is 22.3. The molecule has 1 aromatic heterocycles. The van der Waals surface area contributed by atoms with Gasteiger partial charge in [0.05, 0.1) is 29.9 Å². The van der Waals surface area contributed by atoms with Gasteiger partial charge in [-0.3, -0.25) is 0 Å². The Hall–Kier alpha value is -3.36. The monoisotopic (exact) mass is 434 g/mol. The van der Waals surface area contributed by atoms with Gasteiger partial charge in [0.1, 0.15) is 11.5 Å². The summed E-state index contributed by atoms with van der Waals surface area (Å²) in [5.41, 5.74) is 2.06. The highest BCUT2D eigenvalue weighted by Gasteiger charge is 2.37. The number of carbonyl (C=O) groups is 1. The van der Waals surface area contributed by atoms with Gasteiger partial charge in [-0.2, -0.15) is 8.78 Å². The number of ether oxygens (including phenoxy) is 4. The molecule has 1 unspecified atom stereocenters. The van der Waals surface area contributed by atoms with Crippen molar-refractivity contribution in [2.24, 2.45) is 0 Å². The van der Waals surface area contributed by atoms with Crippen LogP contribution in [0.2, 0.25) is 0 Å². The van der Waals surface area contributed by atoms with Gasteiger partial charge in [-0.25, -0.2) is 9.78 Å². The highest BCUT2D eigenvalue weighted by Crippen LogP contribution is 2.48. The van der Waals surface area contributed by atoms with Crippen molar-refractivity contribution in [2.45, 2.75) is 46.3 Å². The molecule has 7 nitrogen and oxygen atoms in total. The van der Waals surface area contributed by atoms with Crippen molar-refractivity contribution < 1.29 is 32.5 Å². The maximum absolute atomic E-state index is 13.1. The fourth-order valence-electron chi connectivity index (χ4n) is 3.36. The van der Waals surface area contributed by atoms with Gasteiger partial charge >= 0.3 is 12.8 Å². The average molecular weight is 434 g/mol. The Labute approximate surface area is 179 Å². The zero-order valence-electron chi connectivity index (χ0n) is 17.6. The number of fused-ring (bicyclic) bond motifs is 1. The minimum absolute atomic E-state index is 0.0486. The summed E-state index contributed by atoms with van der Waals surface area (Å²) in [7, 11) is 0. The number of allylic oxidation sites excluding steroid dienone is 2. The van der Waals surface area contributed by atoms with Gasteiger partial charge in [0, 0.05) is 17.4 Å². The minimum atomic E-state index is -3.03. The molecule has 0 saturated carbocycles. The Bertz CT molecular complexity index is 978. The van der Waals surface area contributed by atoms with E-state index in [1.165, 1.54) is 6.07 Å². The quantitative estimate of drug-likeness (QED) is 0.582. The van der Waals surface area contributed by atoms with Gasteiger partial charge in [0.2, 0.25) is 5.88 Å². The lowest BCUT2D eigenvalue weighted by Crippen LogP contribution is -2.24. The molecule has 1 N–H and O–H groups in total. The lowest BCUT2D eigenvalue weighted by atomic mass is 9.85. The van der Waals surface area contributed by atoms with Gasteiger partial charge in [0.15, 0.2) is 0 Å². The van der Waals surface area contributed by atoms with Crippen LogP contribution in [0.3, 0.4) is 0 Å². The number of nitrogens with zero attached hydrogens (tertiary/aromatic N) is 1. The lowest BCUT2D eigenvalue weighted by molar-refractivity contribution is -0.0506. The van der Waals surface area contributed by atoms with E-state index in [-0.39, 0.29) is 30.1 Å². The first-order valence-corrected chi connectivity index (χ1v) is 9.83. The van der Waals surface area contributed by atoms with Crippen molar-refractivity contribution in [2.75, 3.05) is 11.9 Å². The van der Waals surface area contributed by atoms with Gasteiger partial charge in [-0.1, -0.05) is 18.2 Å². The summed E-state index contributed by atoms with van der Waals surface area (Å²) in [5.74, 6) is -0.391. The average Bonchev–Trinajstić information content (AvgIpc) is 2.69. The molecule has 1 aromatic carbocycles. The molecular formula is C22H24F2N2O5. The van der Waals surface area contributed by atoms with Crippen LogP contribution in [0.4, 0.5) is 19.3 Å². The predicted molar refractivity (Wildman–Crippen MR) is 109 cm³/mol. The van der Waals surface area contributed by atoms with Crippen molar-refractivity contribution in [3.63, 3.8) is 0 Å². The number of alkyl halides is 2. The highest BCUT2D eigenvalue weighted by atomic mass is 19.3. The van der Waals surface area contributed by atoms with Gasteiger partial charge < -0.3 is 24.3 Å². The SMILES string of the molecule is CCOC(=O)OC1=C(C)Nc2ccnc(OC(C)C)c2C1c1ccccc1OC(F)F. The van der Waals surface area contributed by atoms with Crippen molar-refractivity contribution in [1.82, 2.24) is 4.98 Å². The van der Waals surface area contributed by atoms with E-state index in [9.17, 15) is 13.6 Å². The van der Waals surface area contributed by atoms with Crippen LogP contribution < -0.4 is 14.8 Å². The number of rotatable bonds is 7. The molecule has 0 amide bonds. The van der Waals surface area contributed by atoms with Crippen LogP contribution in [0.15, 0.2) is 48.0 Å². The van der Waals surface area contributed by atoms with Crippen molar-refractivity contribution in [3.8, 4) is 11.6 Å². The van der Waals surface area contributed by atoms with Gasteiger partial charge in [-0.15, -0.1) is 0 Å². The summed E-state index contributed by atoms with van der Waals surface area (Å²) in [6.45, 7) is 4.15. The summed E-state index contributed by atoms with van der Waals surface area (Å²) in [4.78, 5) is 16.5. The third kappa shape index (κ3) is 5.04. The van der Waals surface area contributed by atoms with Crippen LogP contribution in [0.25, 0.3) is 0 Å². The molecule has 9 heteroatoms. The first-order chi connectivity index (χ1) is 14.8. The molecule has 0 radical (unpaired) electrons. The number of para-hydroxylation sites is 1. The molecule has 0 bridgehead atoms. The molecule has 0 saturated heterocycles. The Morgan fingerprint density at radius 2 is 1.94 bits per heavy atom. The number of halogens is 2. The molecule has 166 valence electrons. The largest absolute Gasteiger partial charge is 0.513 e. The molecule has 1 aliphatic rings. The molecule has 0 fully saturated rings. The van der Waals surface area contributed by atoms with E-state index < -0.39 is 18.7 Å². The van der Waals surface area contributed by atoms with E-state index >= 15 is 0 Å². The summed E-state index contributed by atoms with van der Waals surface area (Å²) in [5, 5.41) is 3.17. The van der Waals surface area contributed by atoms with E-state index in [2.05, 4.69) is 10.3 Å². The van der Waals surface area contributed by atoms with Crippen molar-refractivity contribution >= 4 is 11.8 Å². The highest BCUT2D eigenvalue weighted by molar-refractivity contribution is 5.71. The fourth-order valence-corrected chi connectivity index (χ4v) is 3.36. The molecule has 31 heavy (non-hydrogen) atoms. The fraction of sp³-hybridized carbons (Fsp3) is 0.364. The Morgan fingerprint density at radius 3 is 2.61 bits per heavy atom. The van der Waals surface area contributed by atoms with Crippen LogP contribution >= 0.6 is 0 Å². The minimum Gasteiger partial charge on any atom is -0.475 e. The first-order valence-electron chi connectivity index (χ1n) is 9.83. The second-order valence-corrected chi connectivity index (χ2v) is 6.99. The van der Waals surface area contributed by atoms with Gasteiger partial charge in [0.25, 0.3) is 0 Å². The number of hydrogen-bond acceptors (Lipinski definition) is 7. The zero-order chi connectivity index (χ0) is 22.5. The molecule has 2 aromatic rings. The maximum Gasteiger partial charge on any atom is 0.513 e. The summed E-state index contributed by atoms with van der Waals surface area (Å²) >= 11 is 0. The standard InChI is InChI=1S/C22H24F2N2O5/c1-5-28-22(27)31-19-13(4)26-15-10-11-25-20(29-12(2)3)18(15)17(19)14-8-6-7-9-16(14)30-21(23)24/h6-12,17,21,26H,5H2,1-4H3. The summed E-state index contributed by atoms with van der Waals surface area (Å²) in [6.07, 6.45) is 0.468. The smallest absolute Gasteiger partial charge is 0.475 e. The topological polar surface area (TPSA) is 78.9 Å². The molecule has 1 aliphatic heterocycles. The van der Waals surface area contributed by atoms with Crippen LogP contribution in [0.5, 0.6) is 11.6 Å². The number of anilines is 1. The van der Waals surface area contributed by atoms with Crippen molar-refractivity contribution in [3.05, 3.63) is 59.1 Å². The van der Waals surface area contributed by atoms with Gasteiger partial charge in [-0.05, 0) is 39.8 Å². The third-order valence-corrected chi connectivity index (χ3v) is 4.45. The van der Waals surface area contributed by atoms with E-state index in [4.69, 9.17) is 18.9 Å². The number of aromatic nitrogens is 1. The van der Waals surface area contributed by atoms with E-state index in [1.807, 2.05) is 13.8 Å². The van der Waals surface area contributed by atoms with Crippen LogP contribution in [-0.2, 0) is 9.47 Å².